The predicted molar refractivity (Wildman–Crippen MR) is 90.2 cm³/mol. The molecule has 0 amide bonds. The van der Waals surface area contributed by atoms with Crippen LogP contribution in [0.25, 0.3) is 0 Å². The Bertz CT molecular complexity index is 441. The summed E-state index contributed by atoms with van der Waals surface area (Å²) in [5, 5.41) is 0. The first-order valence-corrected chi connectivity index (χ1v) is 9.98. The van der Waals surface area contributed by atoms with Crippen molar-refractivity contribution in [3.05, 3.63) is 25.3 Å². The van der Waals surface area contributed by atoms with E-state index < -0.39 is 19.3 Å². The number of hydrogen-bond acceptors (Lipinski definition) is 2. The number of hydrogen-bond donors (Lipinski definition) is 0. The largest absolute Gasteiger partial charge is 0.228 e. The van der Waals surface area contributed by atoms with E-state index >= 15 is 0 Å². The molecule has 0 radical (unpaired) electrons. The molecule has 2 rings (SSSR count). The molecule has 0 spiro atoms. The first-order valence-electron chi connectivity index (χ1n) is 8.50. The monoisotopic (exact) mass is 310 g/mol. The predicted octanol–water partition coefficient (Wildman–Crippen LogP) is 4.96. The first-order chi connectivity index (χ1) is 10.0. The highest BCUT2D eigenvalue weighted by molar-refractivity contribution is 7.94. The molecule has 2 unspecified atom stereocenters. The summed E-state index contributed by atoms with van der Waals surface area (Å²) >= 11 is 0. The molecule has 0 saturated carbocycles. The van der Waals surface area contributed by atoms with Crippen LogP contribution in [0.4, 0.5) is 0 Å². The van der Waals surface area contributed by atoms with Crippen molar-refractivity contribution in [2.75, 3.05) is 0 Å². The second-order valence-electron chi connectivity index (χ2n) is 6.94. The summed E-state index contributed by atoms with van der Waals surface area (Å²) in [7, 11) is -3.02. The Balaban J connectivity index is 2.23. The number of unbranched alkanes of at least 4 members (excludes halogenated alkanes) is 2. The normalized spacial score (nSPS) is 34.3. The molecule has 2 aliphatic rings. The van der Waals surface area contributed by atoms with E-state index in [1.54, 1.807) is 0 Å². The van der Waals surface area contributed by atoms with Gasteiger partial charge in [0.2, 0.25) is 0 Å². The molecule has 2 aliphatic heterocycles. The molecule has 2 bridgehead atoms. The van der Waals surface area contributed by atoms with Crippen LogP contribution < -0.4 is 0 Å². The molecule has 0 N–H and O–H groups in total. The van der Waals surface area contributed by atoms with Crippen LogP contribution in [-0.4, -0.2) is 17.9 Å². The van der Waals surface area contributed by atoms with Gasteiger partial charge in [0.1, 0.15) is 0 Å². The molecule has 2 heterocycles. The lowest BCUT2D eigenvalue weighted by Crippen LogP contribution is -2.43. The van der Waals surface area contributed by atoms with Crippen LogP contribution in [0.2, 0.25) is 0 Å². The van der Waals surface area contributed by atoms with Gasteiger partial charge in [-0.15, -0.1) is 13.2 Å². The standard InChI is InChI=1S/C18H30O2S/c1-3-5-7-11-17-13-9-10-14-18(16-15-17,21(17,19)20)12-8-6-4-2/h3-4H,1-2,5-16H2. The van der Waals surface area contributed by atoms with E-state index in [0.717, 1.165) is 77.0 Å². The van der Waals surface area contributed by atoms with Crippen molar-refractivity contribution in [3.8, 4) is 0 Å². The Morgan fingerprint density at radius 3 is 1.62 bits per heavy atom. The zero-order valence-electron chi connectivity index (χ0n) is 13.3. The quantitative estimate of drug-likeness (QED) is 0.469. The van der Waals surface area contributed by atoms with Gasteiger partial charge in [-0.3, -0.25) is 0 Å². The zero-order valence-corrected chi connectivity index (χ0v) is 14.1. The Hall–Kier alpha value is -0.570. The van der Waals surface area contributed by atoms with Gasteiger partial charge < -0.3 is 0 Å². The van der Waals surface area contributed by atoms with Gasteiger partial charge >= 0.3 is 0 Å². The van der Waals surface area contributed by atoms with Gasteiger partial charge in [-0.25, -0.2) is 8.42 Å². The Morgan fingerprint density at radius 1 is 0.810 bits per heavy atom. The SMILES string of the molecule is C=CCCCC12CCCCC(CCCC=C)(CC1)S2(=O)=O. The smallest absolute Gasteiger partial charge is 0.161 e. The van der Waals surface area contributed by atoms with Gasteiger partial charge in [-0.05, 0) is 64.2 Å². The van der Waals surface area contributed by atoms with Gasteiger partial charge in [-0.2, -0.15) is 0 Å². The van der Waals surface area contributed by atoms with Crippen LogP contribution in [0.1, 0.15) is 77.0 Å². The summed E-state index contributed by atoms with van der Waals surface area (Å²) in [5.74, 6) is 0. The molecular formula is C18H30O2S. The van der Waals surface area contributed by atoms with Crippen LogP contribution in [0.15, 0.2) is 25.3 Å². The maximum Gasteiger partial charge on any atom is 0.161 e. The molecule has 0 aromatic heterocycles. The fraction of sp³-hybridized carbons (Fsp3) is 0.778. The summed E-state index contributed by atoms with van der Waals surface area (Å²) < 4.78 is 25.9. The second-order valence-corrected chi connectivity index (χ2v) is 9.68. The number of fused-ring (bicyclic) bond motifs is 2. The van der Waals surface area contributed by atoms with Crippen LogP contribution in [0, 0.1) is 0 Å². The Labute approximate surface area is 130 Å². The topological polar surface area (TPSA) is 34.1 Å². The molecule has 3 heteroatoms. The van der Waals surface area contributed by atoms with Gasteiger partial charge in [0, 0.05) is 0 Å². The molecule has 0 aromatic carbocycles. The van der Waals surface area contributed by atoms with Crippen LogP contribution >= 0.6 is 0 Å². The van der Waals surface area contributed by atoms with Gasteiger partial charge in [0.25, 0.3) is 0 Å². The van der Waals surface area contributed by atoms with E-state index in [1.807, 2.05) is 12.2 Å². The highest BCUT2D eigenvalue weighted by Crippen LogP contribution is 2.56. The van der Waals surface area contributed by atoms with Gasteiger partial charge in [-0.1, -0.05) is 25.0 Å². The summed E-state index contributed by atoms with van der Waals surface area (Å²) in [6.45, 7) is 7.52. The van der Waals surface area contributed by atoms with E-state index in [4.69, 9.17) is 0 Å². The summed E-state index contributed by atoms with van der Waals surface area (Å²) in [4.78, 5) is 0. The highest BCUT2D eigenvalue weighted by atomic mass is 32.2. The van der Waals surface area contributed by atoms with Gasteiger partial charge in [0.05, 0.1) is 9.49 Å². The van der Waals surface area contributed by atoms with E-state index in [2.05, 4.69) is 13.2 Å². The minimum Gasteiger partial charge on any atom is -0.228 e. The maximum atomic E-state index is 13.4. The third kappa shape index (κ3) is 2.86. The molecule has 2 atom stereocenters. The van der Waals surface area contributed by atoms with Crippen molar-refractivity contribution in [2.45, 2.75) is 86.5 Å². The van der Waals surface area contributed by atoms with E-state index in [-0.39, 0.29) is 0 Å². The third-order valence-corrected chi connectivity index (χ3v) is 9.28. The minimum atomic E-state index is -3.02. The number of rotatable bonds is 8. The van der Waals surface area contributed by atoms with Crippen LogP contribution in [0.5, 0.6) is 0 Å². The van der Waals surface area contributed by atoms with Gasteiger partial charge in [0.15, 0.2) is 9.84 Å². The summed E-state index contributed by atoms with van der Waals surface area (Å²) in [6.07, 6.45) is 15.0. The van der Waals surface area contributed by atoms with E-state index in [1.165, 1.54) is 0 Å². The molecule has 2 fully saturated rings. The fourth-order valence-electron chi connectivity index (χ4n) is 4.50. The van der Waals surface area contributed by atoms with Crippen molar-refractivity contribution >= 4 is 9.84 Å². The van der Waals surface area contributed by atoms with Crippen molar-refractivity contribution in [1.29, 1.82) is 0 Å². The third-order valence-electron chi connectivity index (χ3n) is 5.77. The minimum absolute atomic E-state index is 0.416. The molecule has 21 heavy (non-hydrogen) atoms. The number of sulfone groups is 1. The Kier molecular flexibility index (Phi) is 5.34. The van der Waals surface area contributed by atoms with Crippen molar-refractivity contribution in [1.82, 2.24) is 0 Å². The maximum absolute atomic E-state index is 13.4. The lowest BCUT2D eigenvalue weighted by atomic mass is 9.81. The van der Waals surface area contributed by atoms with Crippen molar-refractivity contribution in [3.63, 3.8) is 0 Å². The summed E-state index contributed by atoms with van der Waals surface area (Å²) in [6, 6.07) is 0. The van der Waals surface area contributed by atoms with E-state index in [9.17, 15) is 8.42 Å². The second kappa shape index (κ2) is 6.68. The molecule has 2 nitrogen and oxygen atoms in total. The number of allylic oxidation sites excluding steroid dienone is 2. The van der Waals surface area contributed by atoms with Crippen LogP contribution in [0.3, 0.4) is 0 Å². The zero-order chi connectivity index (χ0) is 15.4. The Morgan fingerprint density at radius 2 is 1.24 bits per heavy atom. The average molecular weight is 311 g/mol. The average Bonchev–Trinajstić information content (AvgIpc) is 2.57. The fourth-order valence-corrected chi connectivity index (χ4v) is 7.81. The first kappa shape index (κ1) is 16.8. The molecule has 0 aliphatic carbocycles. The molecule has 120 valence electrons. The van der Waals surface area contributed by atoms with Crippen molar-refractivity contribution in [2.24, 2.45) is 0 Å². The lowest BCUT2D eigenvalue weighted by Gasteiger charge is -2.32. The van der Waals surface area contributed by atoms with E-state index in [0.29, 0.717) is 0 Å². The molecule has 0 aromatic rings. The molecule has 2 saturated heterocycles. The summed E-state index contributed by atoms with van der Waals surface area (Å²) in [5.41, 5.74) is 0. The highest BCUT2D eigenvalue weighted by Gasteiger charge is 2.61. The van der Waals surface area contributed by atoms with Crippen molar-refractivity contribution < 1.29 is 8.42 Å². The molecular weight excluding hydrogens is 280 g/mol. The lowest BCUT2D eigenvalue weighted by molar-refractivity contribution is 0.374. The van der Waals surface area contributed by atoms with Crippen LogP contribution in [-0.2, 0) is 9.84 Å².